The van der Waals surface area contributed by atoms with Gasteiger partial charge in [-0.3, -0.25) is 15.8 Å². The third-order valence-corrected chi connectivity index (χ3v) is 2.53. The summed E-state index contributed by atoms with van der Waals surface area (Å²) in [6.07, 6.45) is 5.46. The lowest BCUT2D eigenvalue weighted by Gasteiger charge is -2.13. The molecule has 0 bridgehead atoms. The summed E-state index contributed by atoms with van der Waals surface area (Å²) in [4.78, 5) is 8.52. The predicted octanol–water partition coefficient (Wildman–Crippen LogP) is 2.10. The van der Waals surface area contributed by atoms with Crippen molar-refractivity contribution in [1.29, 1.82) is 0 Å². The lowest BCUT2D eigenvalue weighted by molar-refractivity contribution is 0.652. The molecule has 1 aromatic carbocycles. The first-order valence-electron chi connectivity index (χ1n) is 5.52. The molecule has 2 rings (SSSR count). The molecule has 0 saturated heterocycles. The molecule has 1 aromatic heterocycles. The molecule has 0 radical (unpaired) electrons. The summed E-state index contributed by atoms with van der Waals surface area (Å²) in [5.74, 6) is 5.57. The van der Waals surface area contributed by atoms with Gasteiger partial charge in [0.1, 0.15) is 0 Å². The number of nitrogens with zero attached hydrogens (tertiary/aromatic N) is 2. The van der Waals surface area contributed by atoms with E-state index >= 15 is 0 Å². The highest BCUT2D eigenvalue weighted by Crippen LogP contribution is 2.19. The van der Waals surface area contributed by atoms with Crippen LogP contribution in [0.15, 0.2) is 42.2 Å². The Labute approximate surface area is 101 Å². The fraction of sp³-hybridized carbons (Fsp3) is 0.231. The van der Waals surface area contributed by atoms with Crippen molar-refractivity contribution in [2.75, 3.05) is 0 Å². The lowest BCUT2D eigenvalue weighted by atomic mass is 10.0. The number of aromatic nitrogens is 2. The van der Waals surface area contributed by atoms with E-state index in [1.807, 2.05) is 32.0 Å². The monoisotopic (exact) mass is 228 g/mol. The molecule has 0 aliphatic carbocycles. The van der Waals surface area contributed by atoms with E-state index in [-0.39, 0.29) is 6.04 Å². The second-order valence-corrected chi connectivity index (χ2v) is 4.19. The van der Waals surface area contributed by atoms with Crippen LogP contribution in [-0.4, -0.2) is 9.97 Å². The molecule has 4 heteroatoms. The number of allylic oxidation sites excluding steroid dienone is 1. The zero-order valence-electron chi connectivity index (χ0n) is 10.0. The minimum absolute atomic E-state index is 0.00593. The molecular weight excluding hydrogens is 212 g/mol. The molecule has 1 atom stereocenters. The van der Waals surface area contributed by atoms with Crippen LogP contribution in [0.5, 0.6) is 0 Å². The number of fused-ring (bicyclic) bond motifs is 1. The van der Waals surface area contributed by atoms with Crippen molar-refractivity contribution < 1.29 is 0 Å². The molecule has 1 heterocycles. The molecule has 1 unspecified atom stereocenters. The van der Waals surface area contributed by atoms with Crippen LogP contribution in [0.4, 0.5) is 0 Å². The minimum Gasteiger partial charge on any atom is -0.271 e. The molecule has 88 valence electrons. The quantitative estimate of drug-likeness (QED) is 0.479. The normalized spacial score (nSPS) is 12.4. The summed E-state index contributed by atoms with van der Waals surface area (Å²) < 4.78 is 0. The smallest absolute Gasteiger partial charge is 0.0890 e. The van der Waals surface area contributed by atoms with E-state index in [9.17, 15) is 0 Å². The fourth-order valence-electron chi connectivity index (χ4n) is 1.75. The van der Waals surface area contributed by atoms with Crippen LogP contribution in [0, 0.1) is 0 Å². The van der Waals surface area contributed by atoms with Crippen LogP contribution in [0.1, 0.15) is 25.5 Å². The second-order valence-electron chi connectivity index (χ2n) is 4.19. The van der Waals surface area contributed by atoms with Crippen molar-refractivity contribution in [2.45, 2.75) is 19.9 Å². The van der Waals surface area contributed by atoms with Crippen molar-refractivity contribution >= 4 is 11.0 Å². The summed E-state index contributed by atoms with van der Waals surface area (Å²) in [6, 6.07) is 5.99. The van der Waals surface area contributed by atoms with E-state index in [0.717, 1.165) is 16.6 Å². The average Bonchev–Trinajstić information content (AvgIpc) is 2.35. The van der Waals surface area contributed by atoms with E-state index in [1.165, 1.54) is 5.57 Å². The molecule has 3 N–H and O–H groups in total. The van der Waals surface area contributed by atoms with Crippen molar-refractivity contribution in [3.05, 3.63) is 47.8 Å². The number of rotatable bonds is 3. The van der Waals surface area contributed by atoms with Gasteiger partial charge in [-0.25, -0.2) is 5.43 Å². The van der Waals surface area contributed by atoms with Crippen LogP contribution in [0.2, 0.25) is 0 Å². The van der Waals surface area contributed by atoms with E-state index in [2.05, 4.69) is 21.5 Å². The zero-order valence-corrected chi connectivity index (χ0v) is 10.0. The Morgan fingerprint density at radius 2 is 1.94 bits per heavy atom. The van der Waals surface area contributed by atoms with Crippen molar-refractivity contribution in [1.82, 2.24) is 15.4 Å². The molecular formula is C13H16N4. The van der Waals surface area contributed by atoms with Gasteiger partial charge in [0, 0.05) is 12.4 Å². The SMILES string of the molecule is CC(C)=CC(NN)c1ccc2nccnc2c1. The number of hydrogen-bond donors (Lipinski definition) is 2. The number of hydrogen-bond acceptors (Lipinski definition) is 4. The van der Waals surface area contributed by atoms with Gasteiger partial charge in [-0.15, -0.1) is 0 Å². The molecule has 4 nitrogen and oxygen atoms in total. The summed E-state index contributed by atoms with van der Waals surface area (Å²) in [7, 11) is 0. The Morgan fingerprint density at radius 3 is 2.59 bits per heavy atom. The summed E-state index contributed by atoms with van der Waals surface area (Å²) in [5, 5.41) is 0. The average molecular weight is 228 g/mol. The van der Waals surface area contributed by atoms with Crippen LogP contribution in [-0.2, 0) is 0 Å². The summed E-state index contributed by atoms with van der Waals surface area (Å²) >= 11 is 0. The molecule has 0 fully saturated rings. The van der Waals surface area contributed by atoms with E-state index < -0.39 is 0 Å². The predicted molar refractivity (Wildman–Crippen MR) is 69.0 cm³/mol. The number of nitrogens with one attached hydrogen (secondary N) is 1. The first kappa shape index (κ1) is 11.7. The third-order valence-electron chi connectivity index (χ3n) is 2.53. The highest BCUT2D eigenvalue weighted by molar-refractivity contribution is 5.74. The third kappa shape index (κ3) is 2.67. The Hall–Kier alpha value is -1.78. The van der Waals surface area contributed by atoms with Gasteiger partial charge in [-0.05, 0) is 31.5 Å². The molecule has 17 heavy (non-hydrogen) atoms. The van der Waals surface area contributed by atoms with Crippen molar-refractivity contribution in [2.24, 2.45) is 5.84 Å². The van der Waals surface area contributed by atoms with E-state index in [0.29, 0.717) is 0 Å². The number of hydrazine groups is 1. The lowest BCUT2D eigenvalue weighted by Crippen LogP contribution is -2.26. The van der Waals surface area contributed by atoms with Gasteiger partial charge < -0.3 is 0 Å². The number of nitrogens with two attached hydrogens (primary N) is 1. The maximum absolute atomic E-state index is 5.57. The van der Waals surface area contributed by atoms with Gasteiger partial charge in [0.25, 0.3) is 0 Å². The Kier molecular flexibility index (Phi) is 3.46. The summed E-state index contributed by atoms with van der Waals surface area (Å²) in [5.41, 5.74) is 6.86. The van der Waals surface area contributed by atoms with Gasteiger partial charge in [0.05, 0.1) is 17.1 Å². The Bertz CT molecular complexity index is 544. The highest BCUT2D eigenvalue weighted by atomic mass is 15.2. The van der Waals surface area contributed by atoms with Crippen molar-refractivity contribution in [3.63, 3.8) is 0 Å². The van der Waals surface area contributed by atoms with Gasteiger partial charge >= 0.3 is 0 Å². The fourth-order valence-corrected chi connectivity index (χ4v) is 1.75. The van der Waals surface area contributed by atoms with E-state index in [4.69, 9.17) is 5.84 Å². The maximum atomic E-state index is 5.57. The maximum Gasteiger partial charge on any atom is 0.0890 e. The summed E-state index contributed by atoms with van der Waals surface area (Å²) in [6.45, 7) is 4.09. The zero-order chi connectivity index (χ0) is 12.3. The minimum atomic E-state index is 0.00593. The molecule has 2 aromatic rings. The first-order chi connectivity index (χ1) is 8.20. The van der Waals surface area contributed by atoms with Crippen LogP contribution < -0.4 is 11.3 Å². The highest BCUT2D eigenvalue weighted by Gasteiger charge is 2.07. The Morgan fingerprint density at radius 1 is 1.24 bits per heavy atom. The molecule has 0 aliphatic rings. The second kappa shape index (κ2) is 5.03. The van der Waals surface area contributed by atoms with Crippen LogP contribution in [0.25, 0.3) is 11.0 Å². The van der Waals surface area contributed by atoms with E-state index in [1.54, 1.807) is 12.4 Å². The van der Waals surface area contributed by atoms with Crippen LogP contribution in [0.3, 0.4) is 0 Å². The van der Waals surface area contributed by atoms with Crippen LogP contribution >= 0.6 is 0 Å². The largest absolute Gasteiger partial charge is 0.271 e. The number of benzene rings is 1. The van der Waals surface area contributed by atoms with Crippen molar-refractivity contribution in [3.8, 4) is 0 Å². The van der Waals surface area contributed by atoms with Gasteiger partial charge in [-0.1, -0.05) is 17.7 Å². The first-order valence-corrected chi connectivity index (χ1v) is 5.52. The molecule has 0 spiro atoms. The Balaban J connectivity index is 2.44. The standard InChI is InChI=1S/C13H16N4/c1-9(2)7-12(17-14)10-3-4-11-13(8-10)16-6-5-15-11/h3-8,12,17H,14H2,1-2H3. The molecule has 0 amide bonds. The topological polar surface area (TPSA) is 63.8 Å². The molecule has 0 saturated carbocycles. The van der Waals surface area contributed by atoms with Gasteiger partial charge in [0.15, 0.2) is 0 Å². The van der Waals surface area contributed by atoms with Gasteiger partial charge in [-0.2, -0.15) is 0 Å². The van der Waals surface area contributed by atoms with Gasteiger partial charge in [0.2, 0.25) is 0 Å². The molecule has 0 aliphatic heterocycles.